The Morgan fingerprint density at radius 2 is 2.25 bits per heavy atom. The summed E-state index contributed by atoms with van der Waals surface area (Å²) in [6.07, 6.45) is 0. The molecular formula is C11H10ClNO3. The zero-order valence-corrected chi connectivity index (χ0v) is 9.07. The van der Waals surface area contributed by atoms with Gasteiger partial charge in [-0.1, -0.05) is 23.7 Å². The number of amides is 1. The third-order valence-electron chi connectivity index (χ3n) is 2.72. The van der Waals surface area contributed by atoms with Gasteiger partial charge in [-0.25, -0.2) is 0 Å². The van der Waals surface area contributed by atoms with Gasteiger partial charge in [-0.3, -0.25) is 9.59 Å². The molecule has 0 saturated carbocycles. The topological polar surface area (TPSA) is 66.4 Å². The minimum Gasteiger partial charge on any atom is -0.481 e. The molecule has 0 aromatic heterocycles. The van der Waals surface area contributed by atoms with Gasteiger partial charge in [0.05, 0.1) is 0 Å². The molecule has 1 saturated heterocycles. The van der Waals surface area contributed by atoms with Crippen molar-refractivity contribution in [2.75, 3.05) is 6.54 Å². The van der Waals surface area contributed by atoms with Gasteiger partial charge in [-0.15, -0.1) is 0 Å². The van der Waals surface area contributed by atoms with Crippen LogP contribution < -0.4 is 5.32 Å². The Morgan fingerprint density at radius 1 is 1.50 bits per heavy atom. The van der Waals surface area contributed by atoms with Crippen LogP contribution in [-0.2, 0) is 9.59 Å². The number of benzene rings is 1. The summed E-state index contributed by atoms with van der Waals surface area (Å²) in [4.78, 5) is 22.3. The second-order valence-corrected chi connectivity index (χ2v) is 4.16. The molecule has 0 bridgehead atoms. The van der Waals surface area contributed by atoms with Crippen LogP contribution in [0.15, 0.2) is 24.3 Å². The van der Waals surface area contributed by atoms with Crippen LogP contribution in [0, 0.1) is 5.92 Å². The number of carbonyl (C=O) groups excluding carboxylic acids is 1. The molecular weight excluding hydrogens is 230 g/mol. The van der Waals surface area contributed by atoms with Gasteiger partial charge in [0.25, 0.3) is 0 Å². The van der Waals surface area contributed by atoms with Gasteiger partial charge < -0.3 is 10.4 Å². The van der Waals surface area contributed by atoms with Crippen molar-refractivity contribution in [2.24, 2.45) is 5.92 Å². The molecule has 84 valence electrons. The molecule has 16 heavy (non-hydrogen) atoms. The normalized spacial score (nSPS) is 24.2. The maximum absolute atomic E-state index is 11.4. The monoisotopic (exact) mass is 239 g/mol. The van der Waals surface area contributed by atoms with Crippen LogP contribution in [0.2, 0.25) is 5.02 Å². The summed E-state index contributed by atoms with van der Waals surface area (Å²) in [6, 6.07) is 6.94. The van der Waals surface area contributed by atoms with Crippen LogP contribution in [0.5, 0.6) is 0 Å². The van der Waals surface area contributed by atoms with Crippen molar-refractivity contribution in [2.45, 2.75) is 5.92 Å². The molecule has 1 aliphatic rings. The number of halogens is 1. The Balaban J connectivity index is 2.34. The van der Waals surface area contributed by atoms with Crippen molar-refractivity contribution in [1.82, 2.24) is 5.32 Å². The summed E-state index contributed by atoms with van der Waals surface area (Å²) in [5.41, 5.74) is 0.776. The fourth-order valence-corrected chi connectivity index (χ4v) is 2.15. The standard InChI is InChI=1S/C11H10ClNO3/c12-7-3-1-2-6(4-7)8-5-13-10(14)9(8)11(15)16/h1-4,8-9H,5H2,(H,13,14)(H,15,16)/t8-,9-/m1/s1. The fourth-order valence-electron chi connectivity index (χ4n) is 1.95. The predicted molar refractivity (Wildman–Crippen MR) is 58.3 cm³/mol. The fraction of sp³-hybridized carbons (Fsp3) is 0.273. The van der Waals surface area contributed by atoms with Gasteiger partial charge in [-0.05, 0) is 17.7 Å². The molecule has 1 amide bonds. The number of aliphatic carboxylic acids is 1. The number of hydrogen-bond donors (Lipinski definition) is 2. The van der Waals surface area contributed by atoms with Crippen LogP contribution in [0.3, 0.4) is 0 Å². The summed E-state index contributed by atoms with van der Waals surface area (Å²) < 4.78 is 0. The van der Waals surface area contributed by atoms with Crippen molar-refractivity contribution in [3.05, 3.63) is 34.9 Å². The molecule has 0 unspecified atom stereocenters. The Labute approximate surface area is 97.2 Å². The first kappa shape index (κ1) is 11.0. The summed E-state index contributed by atoms with van der Waals surface area (Å²) in [7, 11) is 0. The first-order valence-electron chi connectivity index (χ1n) is 4.85. The minimum atomic E-state index is -1.10. The molecule has 1 aliphatic heterocycles. The van der Waals surface area contributed by atoms with Crippen molar-refractivity contribution in [3.8, 4) is 0 Å². The average molecular weight is 240 g/mol. The molecule has 5 heteroatoms. The van der Waals surface area contributed by atoms with Crippen molar-refractivity contribution in [3.63, 3.8) is 0 Å². The van der Waals surface area contributed by atoms with E-state index >= 15 is 0 Å². The number of hydrogen-bond acceptors (Lipinski definition) is 2. The second kappa shape index (κ2) is 4.14. The van der Waals surface area contributed by atoms with Gasteiger partial charge >= 0.3 is 5.97 Å². The number of carboxylic acids is 1. The van der Waals surface area contributed by atoms with E-state index in [1.807, 2.05) is 0 Å². The summed E-state index contributed by atoms with van der Waals surface area (Å²) in [6.45, 7) is 0.343. The maximum Gasteiger partial charge on any atom is 0.316 e. The van der Waals surface area contributed by atoms with Crippen molar-refractivity contribution >= 4 is 23.5 Å². The number of carbonyl (C=O) groups is 2. The molecule has 1 aromatic carbocycles. The second-order valence-electron chi connectivity index (χ2n) is 3.72. The third-order valence-corrected chi connectivity index (χ3v) is 2.96. The molecule has 1 fully saturated rings. The lowest BCUT2D eigenvalue weighted by Crippen LogP contribution is -2.26. The van der Waals surface area contributed by atoms with Crippen LogP contribution in [0.1, 0.15) is 11.5 Å². The largest absolute Gasteiger partial charge is 0.481 e. The quantitative estimate of drug-likeness (QED) is 0.764. The zero-order valence-electron chi connectivity index (χ0n) is 8.31. The van der Waals surface area contributed by atoms with E-state index in [0.717, 1.165) is 5.56 Å². The van der Waals surface area contributed by atoms with Crippen molar-refractivity contribution < 1.29 is 14.7 Å². The van der Waals surface area contributed by atoms with Crippen molar-refractivity contribution in [1.29, 1.82) is 0 Å². The molecule has 0 aliphatic carbocycles. The molecule has 2 N–H and O–H groups in total. The molecule has 0 spiro atoms. The van der Waals surface area contributed by atoms with Gasteiger partial charge in [-0.2, -0.15) is 0 Å². The lowest BCUT2D eigenvalue weighted by atomic mass is 9.89. The predicted octanol–water partition coefficient (Wildman–Crippen LogP) is 1.25. The molecule has 1 aromatic rings. The highest BCUT2D eigenvalue weighted by atomic mass is 35.5. The van der Waals surface area contributed by atoms with E-state index in [4.69, 9.17) is 16.7 Å². The maximum atomic E-state index is 11.4. The summed E-state index contributed by atoms with van der Waals surface area (Å²) >= 11 is 5.83. The summed E-state index contributed by atoms with van der Waals surface area (Å²) in [5.74, 6) is -2.89. The van der Waals surface area contributed by atoms with E-state index in [1.165, 1.54) is 0 Å². The molecule has 4 nitrogen and oxygen atoms in total. The van der Waals surface area contributed by atoms with Crippen LogP contribution >= 0.6 is 11.6 Å². The molecule has 2 atom stereocenters. The van der Waals surface area contributed by atoms with E-state index in [-0.39, 0.29) is 5.92 Å². The summed E-state index contributed by atoms with van der Waals surface area (Å²) in [5, 5.41) is 12.1. The Kier molecular flexibility index (Phi) is 2.83. The van der Waals surface area contributed by atoms with Gasteiger partial charge in [0.1, 0.15) is 5.92 Å². The highest BCUT2D eigenvalue weighted by molar-refractivity contribution is 6.30. The van der Waals surface area contributed by atoms with E-state index in [9.17, 15) is 9.59 Å². The number of rotatable bonds is 2. The molecule has 2 rings (SSSR count). The average Bonchev–Trinajstić information content (AvgIpc) is 2.60. The van der Waals surface area contributed by atoms with Crippen LogP contribution in [-0.4, -0.2) is 23.5 Å². The molecule has 0 radical (unpaired) electrons. The van der Waals surface area contributed by atoms with Crippen LogP contribution in [0.4, 0.5) is 0 Å². The van der Waals surface area contributed by atoms with Gasteiger partial charge in [0.2, 0.25) is 5.91 Å². The lowest BCUT2D eigenvalue weighted by Gasteiger charge is -2.13. The Morgan fingerprint density at radius 3 is 2.88 bits per heavy atom. The Hall–Kier alpha value is -1.55. The minimum absolute atomic E-state index is 0.343. The van der Waals surface area contributed by atoms with Gasteiger partial charge in [0, 0.05) is 17.5 Å². The smallest absolute Gasteiger partial charge is 0.316 e. The first-order valence-corrected chi connectivity index (χ1v) is 5.23. The number of nitrogens with one attached hydrogen (secondary N) is 1. The number of carboxylic acid groups (broad SMARTS) is 1. The molecule has 1 heterocycles. The first-order chi connectivity index (χ1) is 7.59. The van der Waals surface area contributed by atoms with E-state index < -0.39 is 17.8 Å². The van der Waals surface area contributed by atoms with Crippen LogP contribution in [0.25, 0.3) is 0 Å². The highest BCUT2D eigenvalue weighted by Crippen LogP contribution is 2.30. The third kappa shape index (κ3) is 1.88. The Bertz CT molecular complexity index is 447. The highest BCUT2D eigenvalue weighted by Gasteiger charge is 2.41. The van der Waals surface area contributed by atoms with E-state index in [0.29, 0.717) is 11.6 Å². The van der Waals surface area contributed by atoms with E-state index in [2.05, 4.69) is 5.32 Å². The SMILES string of the molecule is O=C(O)[C@H]1C(=O)NC[C@@H]1c1cccc(Cl)c1. The van der Waals surface area contributed by atoms with E-state index in [1.54, 1.807) is 24.3 Å². The van der Waals surface area contributed by atoms with Gasteiger partial charge in [0.15, 0.2) is 0 Å². The lowest BCUT2D eigenvalue weighted by molar-refractivity contribution is -0.145. The zero-order chi connectivity index (χ0) is 11.7.